The molecule has 1 N–H and O–H groups in total. The van der Waals surface area contributed by atoms with Crippen molar-refractivity contribution in [3.8, 4) is 0 Å². The Hall–Kier alpha value is -0.860. The SMILES string of the molecule is CCC(O)C(C)N(C)Cc1ccccc1. The first-order valence-electron chi connectivity index (χ1n) is 5.57. The fraction of sp³-hybridized carbons (Fsp3) is 0.538. The summed E-state index contributed by atoms with van der Waals surface area (Å²) in [5.41, 5.74) is 1.29. The molecule has 2 unspecified atom stereocenters. The fourth-order valence-electron chi connectivity index (χ4n) is 1.65. The minimum absolute atomic E-state index is 0.204. The Labute approximate surface area is 92.5 Å². The molecular formula is C13H21NO. The number of likely N-dealkylation sites (N-methyl/N-ethyl adjacent to an activating group) is 1. The molecule has 0 heterocycles. The molecule has 0 saturated heterocycles. The summed E-state index contributed by atoms with van der Waals surface area (Å²) in [5, 5.41) is 9.73. The van der Waals surface area contributed by atoms with E-state index in [2.05, 4.69) is 31.0 Å². The van der Waals surface area contributed by atoms with Gasteiger partial charge in [-0.3, -0.25) is 4.90 Å². The van der Waals surface area contributed by atoms with E-state index >= 15 is 0 Å². The zero-order valence-electron chi connectivity index (χ0n) is 9.85. The number of hydrogen-bond donors (Lipinski definition) is 1. The van der Waals surface area contributed by atoms with Crippen LogP contribution in [0.1, 0.15) is 25.8 Å². The van der Waals surface area contributed by atoms with E-state index in [1.54, 1.807) is 0 Å². The standard InChI is InChI=1S/C13H21NO/c1-4-13(15)11(2)14(3)10-12-8-6-5-7-9-12/h5-9,11,13,15H,4,10H2,1-3H3. The van der Waals surface area contributed by atoms with Gasteiger partial charge in [0.25, 0.3) is 0 Å². The van der Waals surface area contributed by atoms with Crippen LogP contribution < -0.4 is 0 Å². The van der Waals surface area contributed by atoms with Crippen LogP contribution in [-0.4, -0.2) is 29.2 Å². The van der Waals surface area contributed by atoms with Crippen molar-refractivity contribution < 1.29 is 5.11 Å². The van der Waals surface area contributed by atoms with Gasteiger partial charge in [-0.05, 0) is 26.0 Å². The molecular weight excluding hydrogens is 186 g/mol. The zero-order chi connectivity index (χ0) is 11.3. The number of nitrogens with zero attached hydrogens (tertiary/aromatic N) is 1. The average Bonchev–Trinajstić information content (AvgIpc) is 2.28. The lowest BCUT2D eigenvalue weighted by molar-refractivity contribution is 0.0665. The minimum Gasteiger partial charge on any atom is -0.392 e. The Morgan fingerprint density at radius 3 is 2.40 bits per heavy atom. The fourth-order valence-corrected chi connectivity index (χ4v) is 1.65. The molecule has 0 aromatic heterocycles. The van der Waals surface area contributed by atoms with E-state index in [1.807, 2.05) is 25.1 Å². The molecule has 0 aliphatic heterocycles. The highest BCUT2D eigenvalue weighted by atomic mass is 16.3. The van der Waals surface area contributed by atoms with Gasteiger partial charge in [-0.25, -0.2) is 0 Å². The topological polar surface area (TPSA) is 23.5 Å². The van der Waals surface area contributed by atoms with E-state index in [0.29, 0.717) is 0 Å². The van der Waals surface area contributed by atoms with Crippen LogP contribution in [0.3, 0.4) is 0 Å². The van der Waals surface area contributed by atoms with Gasteiger partial charge < -0.3 is 5.11 Å². The smallest absolute Gasteiger partial charge is 0.0690 e. The molecule has 2 nitrogen and oxygen atoms in total. The van der Waals surface area contributed by atoms with Crippen molar-refractivity contribution in [2.75, 3.05) is 7.05 Å². The molecule has 1 aromatic carbocycles. The molecule has 15 heavy (non-hydrogen) atoms. The van der Waals surface area contributed by atoms with E-state index < -0.39 is 0 Å². The van der Waals surface area contributed by atoms with Crippen LogP contribution in [0, 0.1) is 0 Å². The summed E-state index contributed by atoms with van der Waals surface area (Å²) < 4.78 is 0. The first-order valence-corrected chi connectivity index (χ1v) is 5.57. The van der Waals surface area contributed by atoms with E-state index in [4.69, 9.17) is 0 Å². The highest BCUT2D eigenvalue weighted by Gasteiger charge is 2.16. The summed E-state index contributed by atoms with van der Waals surface area (Å²) in [6.07, 6.45) is 0.569. The maximum absolute atomic E-state index is 9.73. The molecule has 2 heteroatoms. The van der Waals surface area contributed by atoms with Gasteiger partial charge >= 0.3 is 0 Å². The molecule has 84 valence electrons. The summed E-state index contributed by atoms with van der Waals surface area (Å²) in [6.45, 7) is 4.97. The third-order valence-electron chi connectivity index (χ3n) is 2.95. The summed E-state index contributed by atoms with van der Waals surface area (Å²) in [6, 6.07) is 10.5. The Bertz CT molecular complexity index is 273. The van der Waals surface area contributed by atoms with Crippen molar-refractivity contribution in [3.05, 3.63) is 35.9 Å². The van der Waals surface area contributed by atoms with Crippen LogP contribution in [0.4, 0.5) is 0 Å². The molecule has 2 atom stereocenters. The Balaban J connectivity index is 2.52. The van der Waals surface area contributed by atoms with Gasteiger partial charge in [0, 0.05) is 12.6 Å². The second-order valence-corrected chi connectivity index (χ2v) is 4.12. The van der Waals surface area contributed by atoms with Crippen LogP contribution in [0.5, 0.6) is 0 Å². The van der Waals surface area contributed by atoms with Gasteiger partial charge in [0.2, 0.25) is 0 Å². The maximum atomic E-state index is 9.73. The summed E-state index contributed by atoms with van der Waals surface area (Å²) >= 11 is 0. The summed E-state index contributed by atoms with van der Waals surface area (Å²) in [7, 11) is 2.05. The van der Waals surface area contributed by atoms with Gasteiger partial charge in [0.15, 0.2) is 0 Å². The normalized spacial score (nSPS) is 15.3. The minimum atomic E-state index is -0.237. The molecule has 0 aliphatic carbocycles. The molecule has 1 rings (SSSR count). The summed E-state index contributed by atoms with van der Waals surface area (Å²) in [5.74, 6) is 0. The van der Waals surface area contributed by atoms with Gasteiger partial charge in [0.1, 0.15) is 0 Å². The zero-order valence-corrected chi connectivity index (χ0v) is 9.85. The van der Waals surface area contributed by atoms with Crippen LogP contribution in [0.15, 0.2) is 30.3 Å². The van der Waals surface area contributed by atoms with Gasteiger partial charge in [0.05, 0.1) is 6.10 Å². The molecule has 0 aliphatic rings. The van der Waals surface area contributed by atoms with Crippen molar-refractivity contribution in [2.45, 2.75) is 39.0 Å². The van der Waals surface area contributed by atoms with E-state index in [0.717, 1.165) is 13.0 Å². The van der Waals surface area contributed by atoms with E-state index in [-0.39, 0.29) is 12.1 Å². The lowest BCUT2D eigenvalue weighted by atomic mass is 10.1. The van der Waals surface area contributed by atoms with Crippen LogP contribution in [0.2, 0.25) is 0 Å². The Morgan fingerprint density at radius 2 is 1.87 bits per heavy atom. The van der Waals surface area contributed by atoms with Crippen LogP contribution >= 0.6 is 0 Å². The number of aliphatic hydroxyl groups excluding tert-OH is 1. The lowest BCUT2D eigenvalue weighted by Gasteiger charge is -2.28. The van der Waals surface area contributed by atoms with Gasteiger partial charge in [-0.15, -0.1) is 0 Å². The van der Waals surface area contributed by atoms with Crippen molar-refractivity contribution >= 4 is 0 Å². The van der Waals surface area contributed by atoms with Crippen molar-refractivity contribution in [3.63, 3.8) is 0 Å². The maximum Gasteiger partial charge on any atom is 0.0690 e. The molecule has 0 spiro atoms. The van der Waals surface area contributed by atoms with Crippen LogP contribution in [0.25, 0.3) is 0 Å². The predicted molar refractivity (Wildman–Crippen MR) is 63.7 cm³/mol. The van der Waals surface area contributed by atoms with Gasteiger partial charge in [-0.1, -0.05) is 37.3 Å². The van der Waals surface area contributed by atoms with Gasteiger partial charge in [-0.2, -0.15) is 0 Å². The molecule has 1 aromatic rings. The highest BCUT2D eigenvalue weighted by Crippen LogP contribution is 2.10. The second kappa shape index (κ2) is 5.89. The molecule has 0 radical (unpaired) electrons. The number of aliphatic hydroxyl groups is 1. The molecule has 0 fully saturated rings. The largest absolute Gasteiger partial charge is 0.392 e. The number of rotatable bonds is 5. The van der Waals surface area contributed by atoms with E-state index in [1.165, 1.54) is 5.56 Å². The molecule has 0 amide bonds. The Morgan fingerprint density at radius 1 is 1.27 bits per heavy atom. The quantitative estimate of drug-likeness (QED) is 0.800. The summed E-state index contributed by atoms with van der Waals surface area (Å²) in [4.78, 5) is 2.18. The number of benzene rings is 1. The van der Waals surface area contributed by atoms with E-state index in [9.17, 15) is 5.11 Å². The predicted octanol–water partition coefficient (Wildman–Crippen LogP) is 2.28. The second-order valence-electron chi connectivity index (χ2n) is 4.12. The van der Waals surface area contributed by atoms with Crippen molar-refractivity contribution in [1.29, 1.82) is 0 Å². The monoisotopic (exact) mass is 207 g/mol. The van der Waals surface area contributed by atoms with Crippen LogP contribution in [-0.2, 0) is 6.54 Å². The lowest BCUT2D eigenvalue weighted by Crippen LogP contribution is -2.38. The highest BCUT2D eigenvalue weighted by molar-refractivity contribution is 5.14. The Kier molecular flexibility index (Phi) is 4.79. The molecule has 0 bridgehead atoms. The average molecular weight is 207 g/mol. The van der Waals surface area contributed by atoms with Crippen molar-refractivity contribution in [2.24, 2.45) is 0 Å². The first kappa shape index (κ1) is 12.2. The third-order valence-corrected chi connectivity index (χ3v) is 2.95. The first-order chi connectivity index (χ1) is 7.15. The number of hydrogen-bond acceptors (Lipinski definition) is 2. The van der Waals surface area contributed by atoms with Crippen molar-refractivity contribution in [1.82, 2.24) is 4.90 Å². The molecule has 0 saturated carbocycles. The third kappa shape index (κ3) is 3.65.